The van der Waals surface area contributed by atoms with Crippen LogP contribution < -0.4 is 5.32 Å². The Morgan fingerprint density at radius 2 is 2.22 bits per heavy atom. The number of aromatic nitrogens is 1. The molecule has 1 unspecified atom stereocenters. The molecule has 1 aromatic rings. The standard InChI is InChI=1S/C12H17N3O3/c1-8-4-5-13-6-10(8)7-14-12(18)15(3)9(2)11(16)17/h4-6,9H,7H2,1-3H3,(H,14,18)(H,16,17). The molecular formula is C12H17N3O3. The maximum atomic E-state index is 11.7. The smallest absolute Gasteiger partial charge is 0.326 e. The number of likely N-dealkylation sites (N-methyl/N-ethyl adjacent to an activating group) is 1. The first-order valence-corrected chi connectivity index (χ1v) is 5.56. The fourth-order valence-electron chi connectivity index (χ4n) is 1.32. The van der Waals surface area contributed by atoms with E-state index in [-0.39, 0.29) is 0 Å². The minimum Gasteiger partial charge on any atom is -0.480 e. The highest BCUT2D eigenvalue weighted by molar-refractivity contribution is 5.82. The van der Waals surface area contributed by atoms with Gasteiger partial charge in [-0.1, -0.05) is 0 Å². The van der Waals surface area contributed by atoms with Gasteiger partial charge < -0.3 is 15.3 Å². The van der Waals surface area contributed by atoms with Crippen LogP contribution >= 0.6 is 0 Å². The van der Waals surface area contributed by atoms with Crippen LogP contribution in [0.25, 0.3) is 0 Å². The zero-order chi connectivity index (χ0) is 13.7. The first-order chi connectivity index (χ1) is 8.43. The molecule has 0 fully saturated rings. The van der Waals surface area contributed by atoms with Crippen molar-refractivity contribution in [1.82, 2.24) is 15.2 Å². The molecule has 18 heavy (non-hydrogen) atoms. The minimum atomic E-state index is -1.04. The Hall–Kier alpha value is -2.11. The summed E-state index contributed by atoms with van der Waals surface area (Å²) in [5, 5.41) is 11.5. The van der Waals surface area contributed by atoms with Crippen LogP contribution in [-0.4, -0.2) is 40.1 Å². The number of carboxylic acid groups (broad SMARTS) is 1. The van der Waals surface area contributed by atoms with E-state index in [1.807, 2.05) is 13.0 Å². The lowest BCUT2D eigenvalue weighted by Gasteiger charge is -2.22. The van der Waals surface area contributed by atoms with Crippen LogP contribution in [0.4, 0.5) is 4.79 Å². The molecule has 0 aromatic carbocycles. The van der Waals surface area contributed by atoms with E-state index in [2.05, 4.69) is 10.3 Å². The van der Waals surface area contributed by atoms with Gasteiger partial charge in [0, 0.05) is 26.0 Å². The van der Waals surface area contributed by atoms with E-state index in [1.54, 1.807) is 12.4 Å². The zero-order valence-electron chi connectivity index (χ0n) is 10.7. The van der Waals surface area contributed by atoms with Crippen LogP contribution in [0, 0.1) is 6.92 Å². The summed E-state index contributed by atoms with van der Waals surface area (Å²) in [6, 6.07) is 0.568. The number of carbonyl (C=O) groups excluding carboxylic acids is 1. The molecule has 0 saturated carbocycles. The number of nitrogens with one attached hydrogen (secondary N) is 1. The van der Waals surface area contributed by atoms with Crippen LogP contribution in [0.15, 0.2) is 18.5 Å². The van der Waals surface area contributed by atoms with Crippen molar-refractivity contribution >= 4 is 12.0 Å². The second-order valence-corrected chi connectivity index (χ2v) is 4.09. The molecule has 0 saturated heterocycles. The largest absolute Gasteiger partial charge is 0.480 e. The maximum absolute atomic E-state index is 11.7. The number of hydrogen-bond acceptors (Lipinski definition) is 3. The second kappa shape index (κ2) is 6.00. The first-order valence-electron chi connectivity index (χ1n) is 5.56. The van der Waals surface area contributed by atoms with Crippen LogP contribution in [0.2, 0.25) is 0 Å². The fourth-order valence-corrected chi connectivity index (χ4v) is 1.32. The van der Waals surface area contributed by atoms with Crippen molar-refractivity contribution in [2.24, 2.45) is 0 Å². The van der Waals surface area contributed by atoms with Crippen molar-refractivity contribution in [3.63, 3.8) is 0 Å². The molecule has 98 valence electrons. The van der Waals surface area contributed by atoms with Gasteiger partial charge in [0.2, 0.25) is 0 Å². The lowest BCUT2D eigenvalue weighted by Crippen LogP contribution is -2.45. The predicted molar refractivity (Wildman–Crippen MR) is 66.1 cm³/mol. The topological polar surface area (TPSA) is 82.5 Å². The highest BCUT2D eigenvalue weighted by Crippen LogP contribution is 2.04. The number of urea groups is 1. The number of aliphatic carboxylic acids is 1. The van der Waals surface area contributed by atoms with Crippen molar-refractivity contribution in [2.45, 2.75) is 26.4 Å². The lowest BCUT2D eigenvalue weighted by atomic mass is 10.2. The summed E-state index contributed by atoms with van der Waals surface area (Å²) in [7, 11) is 1.45. The third kappa shape index (κ3) is 3.44. The van der Waals surface area contributed by atoms with Gasteiger partial charge in [0.05, 0.1) is 0 Å². The maximum Gasteiger partial charge on any atom is 0.326 e. The quantitative estimate of drug-likeness (QED) is 0.836. The molecule has 1 rings (SSSR count). The number of hydrogen-bond donors (Lipinski definition) is 2. The number of nitrogens with zero attached hydrogens (tertiary/aromatic N) is 2. The fraction of sp³-hybridized carbons (Fsp3) is 0.417. The van der Waals surface area contributed by atoms with Gasteiger partial charge in [0.15, 0.2) is 0 Å². The van der Waals surface area contributed by atoms with Crippen LogP contribution in [0.5, 0.6) is 0 Å². The second-order valence-electron chi connectivity index (χ2n) is 4.09. The molecule has 1 heterocycles. The molecule has 0 aliphatic heterocycles. The molecule has 0 spiro atoms. The van der Waals surface area contributed by atoms with Gasteiger partial charge in [-0.25, -0.2) is 9.59 Å². The summed E-state index contributed by atoms with van der Waals surface area (Å²) in [6.45, 7) is 3.71. The molecule has 0 aliphatic carbocycles. The number of carboxylic acids is 1. The molecule has 6 nitrogen and oxygen atoms in total. The lowest BCUT2D eigenvalue weighted by molar-refractivity contribution is -0.141. The van der Waals surface area contributed by atoms with E-state index in [0.29, 0.717) is 6.54 Å². The third-order valence-corrected chi connectivity index (χ3v) is 2.84. The molecule has 2 amide bonds. The molecule has 2 N–H and O–H groups in total. The average Bonchev–Trinajstić information content (AvgIpc) is 2.35. The van der Waals surface area contributed by atoms with E-state index < -0.39 is 18.0 Å². The average molecular weight is 251 g/mol. The van der Waals surface area contributed by atoms with Crippen molar-refractivity contribution in [1.29, 1.82) is 0 Å². The Morgan fingerprint density at radius 1 is 1.56 bits per heavy atom. The highest BCUT2D eigenvalue weighted by atomic mass is 16.4. The Labute approximate surface area is 106 Å². The minimum absolute atomic E-state index is 0.329. The molecule has 1 atom stereocenters. The summed E-state index contributed by atoms with van der Waals surface area (Å²) in [5.41, 5.74) is 1.93. The van der Waals surface area contributed by atoms with Gasteiger partial charge in [-0.3, -0.25) is 4.98 Å². The van der Waals surface area contributed by atoms with Crippen molar-refractivity contribution < 1.29 is 14.7 Å². The van der Waals surface area contributed by atoms with E-state index in [0.717, 1.165) is 16.0 Å². The SMILES string of the molecule is Cc1ccncc1CNC(=O)N(C)C(C)C(=O)O. The van der Waals surface area contributed by atoms with Crippen molar-refractivity contribution in [3.8, 4) is 0 Å². The number of amides is 2. The van der Waals surface area contributed by atoms with Gasteiger partial charge in [-0.15, -0.1) is 0 Å². The number of pyridine rings is 1. The molecular weight excluding hydrogens is 234 g/mol. The summed E-state index contributed by atoms with van der Waals surface area (Å²) in [4.78, 5) is 27.6. The Morgan fingerprint density at radius 3 is 2.78 bits per heavy atom. The Balaban J connectivity index is 2.56. The number of carbonyl (C=O) groups is 2. The van der Waals surface area contributed by atoms with E-state index in [9.17, 15) is 9.59 Å². The molecule has 6 heteroatoms. The molecule has 0 aliphatic rings. The van der Waals surface area contributed by atoms with Crippen molar-refractivity contribution in [2.75, 3.05) is 7.05 Å². The Kier molecular flexibility index (Phi) is 4.65. The normalized spacial score (nSPS) is 11.7. The van der Waals surface area contributed by atoms with Gasteiger partial charge >= 0.3 is 12.0 Å². The monoisotopic (exact) mass is 251 g/mol. The predicted octanol–water partition coefficient (Wildman–Crippen LogP) is 1.00. The first kappa shape index (κ1) is 14.0. The Bertz CT molecular complexity index is 448. The van der Waals surface area contributed by atoms with Crippen molar-refractivity contribution in [3.05, 3.63) is 29.6 Å². The van der Waals surface area contributed by atoms with Gasteiger partial charge in [0.1, 0.15) is 6.04 Å². The summed E-state index contributed by atoms with van der Waals surface area (Å²) in [5.74, 6) is -1.04. The van der Waals surface area contributed by atoms with E-state index in [4.69, 9.17) is 5.11 Å². The summed E-state index contributed by atoms with van der Waals surface area (Å²) < 4.78 is 0. The highest BCUT2D eigenvalue weighted by Gasteiger charge is 2.21. The van der Waals surface area contributed by atoms with E-state index >= 15 is 0 Å². The molecule has 0 bridgehead atoms. The van der Waals surface area contributed by atoms with Crippen LogP contribution in [0.3, 0.4) is 0 Å². The number of rotatable bonds is 4. The van der Waals surface area contributed by atoms with Gasteiger partial charge in [-0.05, 0) is 31.0 Å². The van der Waals surface area contributed by atoms with Crippen LogP contribution in [-0.2, 0) is 11.3 Å². The van der Waals surface area contributed by atoms with Gasteiger partial charge in [-0.2, -0.15) is 0 Å². The third-order valence-electron chi connectivity index (χ3n) is 2.84. The summed E-state index contributed by atoms with van der Waals surface area (Å²) >= 11 is 0. The summed E-state index contributed by atoms with van der Waals surface area (Å²) in [6.07, 6.45) is 3.36. The van der Waals surface area contributed by atoms with E-state index in [1.165, 1.54) is 14.0 Å². The zero-order valence-corrected chi connectivity index (χ0v) is 10.7. The molecule has 1 aromatic heterocycles. The number of aryl methyl sites for hydroxylation is 1. The van der Waals surface area contributed by atoms with Gasteiger partial charge in [0.25, 0.3) is 0 Å². The van der Waals surface area contributed by atoms with Crippen LogP contribution in [0.1, 0.15) is 18.1 Å². The molecule has 0 radical (unpaired) electrons.